The molecule has 0 aliphatic heterocycles. The van der Waals surface area contributed by atoms with Crippen LogP contribution in [0.15, 0.2) is 24.3 Å². The first-order valence-electron chi connectivity index (χ1n) is 10.5. The number of urea groups is 1. The van der Waals surface area contributed by atoms with Gasteiger partial charge in [-0.05, 0) is 81.8 Å². The van der Waals surface area contributed by atoms with Crippen LogP contribution in [0.3, 0.4) is 0 Å². The highest BCUT2D eigenvalue weighted by atomic mass is 35.5. The summed E-state index contributed by atoms with van der Waals surface area (Å²) in [5.74, 6) is 1.93. The Morgan fingerprint density at radius 3 is 2.18 bits per heavy atom. The van der Waals surface area contributed by atoms with Crippen LogP contribution in [0.2, 0.25) is 5.02 Å². The predicted molar refractivity (Wildman–Crippen MR) is 110 cm³/mol. The highest BCUT2D eigenvalue weighted by Crippen LogP contribution is 2.55. The van der Waals surface area contributed by atoms with Crippen molar-refractivity contribution in [3.63, 3.8) is 0 Å². The number of amides is 3. The first kappa shape index (κ1) is 19.7. The predicted octanol–water partition coefficient (Wildman–Crippen LogP) is 4.17. The Hall–Kier alpha value is -1.59. The molecule has 0 spiro atoms. The second-order valence-electron chi connectivity index (χ2n) is 9.27. The van der Waals surface area contributed by atoms with Gasteiger partial charge in [0, 0.05) is 16.6 Å². The normalized spacial score (nSPS) is 32.6. The molecule has 0 heterocycles. The van der Waals surface area contributed by atoms with Gasteiger partial charge in [0.05, 0.1) is 6.04 Å². The second kappa shape index (κ2) is 7.68. The van der Waals surface area contributed by atoms with Crippen molar-refractivity contribution in [2.75, 3.05) is 0 Å². The van der Waals surface area contributed by atoms with Gasteiger partial charge in [-0.25, -0.2) is 4.79 Å². The Kier molecular flexibility index (Phi) is 5.41. The first-order chi connectivity index (χ1) is 13.3. The number of imide groups is 1. The van der Waals surface area contributed by atoms with E-state index in [4.69, 9.17) is 11.6 Å². The van der Waals surface area contributed by atoms with Crippen LogP contribution in [0.4, 0.5) is 4.79 Å². The maximum absolute atomic E-state index is 12.6. The maximum Gasteiger partial charge on any atom is 0.321 e. The monoisotopic (exact) mass is 403 g/mol. The van der Waals surface area contributed by atoms with E-state index in [0.29, 0.717) is 5.02 Å². The maximum atomic E-state index is 12.6. The summed E-state index contributed by atoms with van der Waals surface area (Å²) in [5.41, 5.74) is 0.836. The molecular formula is C22H30ClN3O2. The van der Waals surface area contributed by atoms with Gasteiger partial charge < -0.3 is 5.32 Å². The Labute approximate surface area is 172 Å². The molecule has 152 valence electrons. The summed E-state index contributed by atoms with van der Waals surface area (Å²) in [6.45, 7) is 3.72. The lowest BCUT2D eigenvalue weighted by molar-refractivity contribution is -0.121. The zero-order valence-corrected chi connectivity index (χ0v) is 17.4. The number of carbonyl (C=O) groups excluding carboxylic acids is 2. The molecule has 4 aliphatic carbocycles. The van der Waals surface area contributed by atoms with E-state index >= 15 is 0 Å². The standard InChI is InChI=1S/C22H30ClN3O2/c1-13(18-5-3-4-6-19(18)23)24-14(2)20(27)25-21(28)26-22-10-15-7-16(11-22)9-17(8-15)12-22/h3-6,13-17,24H,7-12H2,1-2H3,(H2,25,26,27,28)/t13-,14+,15?,16?,17?,22?/m1/s1. The average Bonchev–Trinajstić information content (AvgIpc) is 2.60. The molecule has 4 saturated carbocycles. The molecular weight excluding hydrogens is 374 g/mol. The Bertz CT molecular complexity index is 731. The van der Waals surface area contributed by atoms with E-state index in [2.05, 4.69) is 16.0 Å². The summed E-state index contributed by atoms with van der Waals surface area (Å²) in [6.07, 6.45) is 7.17. The van der Waals surface area contributed by atoms with Crippen molar-refractivity contribution < 1.29 is 9.59 Å². The molecule has 4 aliphatic rings. The van der Waals surface area contributed by atoms with E-state index in [1.807, 2.05) is 31.2 Å². The SMILES string of the molecule is C[C@H](N[C@H](C)c1ccccc1Cl)C(=O)NC(=O)NC12CC3CC(CC(C3)C1)C2. The number of benzene rings is 1. The molecule has 4 fully saturated rings. The van der Waals surface area contributed by atoms with Crippen LogP contribution >= 0.6 is 11.6 Å². The van der Waals surface area contributed by atoms with E-state index in [9.17, 15) is 9.59 Å². The third-order valence-corrected chi connectivity index (χ3v) is 7.26. The van der Waals surface area contributed by atoms with Crippen LogP contribution in [0.5, 0.6) is 0 Å². The fourth-order valence-electron chi connectivity index (χ4n) is 6.12. The van der Waals surface area contributed by atoms with Gasteiger partial charge >= 0.3 is 6.03 Å². The number of hydrogen-bond acceptors (Lipinski definition) is 3. The molecule has 2 atom stereocenters. The fraction of sp³-hybridized carbons (Fsp3) is 0.636. The molecule has 5 nitrogen and oxygen atoms in total. The van der Waals surface area contributed by atoms with Crippen LogP contribution in [0, 0.1) is 17.8 Å². The van der Waals surface area contributed by atoms with Crippen molar-refractivity contribution in [3.8, 4) is 0 Å². The van der Waals surface area contributed by atoms with Crippen LogP contribution < -0.4 is 16.0 Å². The molecule has 3 N–H and O–H groups in total. The van der Waals surface area contributed by atoms with Gasteiger partial charge in [0.1, 0.15) is 0 Å². The zero-order chi connectivity index (χ0) is 19.9. The van der Waals surface area contributed by atoms with Gasteiger partial charge in [-0.2, -0.15) is 0 Å². The number of nitrogens with one attached hydrogen (secondary N) is 3. The minimum atomic E-state index is -0.506. The van der Waals surface area contributed by atoms with Crippen LogP contribution in [0.25, 0.3) is 0 Å². The van der Waals surface area contributed by atoms with E-state index in [1.165, 1.54) is 19.3 Å². The largest absolute Gasteiger partial charge is 0.332 e. The summed E-state index contributed by atoms with van der Waals surface area (Å²) < 4.78 is 0. The van der Waals surface area contributed by atoms with Crippen molar-refractivity contribution in [2.45, 2.75) is 70.0 Å². The molecule has 4 bridgehead atoms. The Morgan fingerprint density at radius 2 is 1.61 bits per heavy atom. The highest BCUT2D eigenvalue weighted by Gasteiger charge is 2.51. The summed E-state index contributed by atoms with van der Waals surface area (Å²) in [7, 11) is 0. The quantitative estimate of drug-likeness (QED) is 0.690. The average molecular weight is 404 g/mol. The highest BCUT2D eigenvalue weighted by molar-refractivity contribution is 6.31. The number of rotatable bonds is 5. The minimum Gasteiger partial charge on any atom is -0.332 e. The lowest BCUT2D eigenvalue weighted by Gasteiger charge is -2.56. The van der Waals surface area contributed by atoms with E-state index in [0.717, 1.165) is 42.6 Å². The minimum absolute atomic E-state index is 0.0966. The van der Waals surface area contributed by atoms with Crippen LogP contribution in [-0.4, -0.2) is 23.5 Å². The van der Waals surface area contributed by atoms with Crippen molar-refractivity contribution in [1.29, 1.82) is 0 Å². The molecule has 0 aromatic heterocycles. The first-order valence-corrected chi connectivity index (χ1v) is 10.8. The number of carbonyl (C=O) groups is 2. The van der Waals surface area contributed by atoms with Crippen LogP contribution in [0.1, 0.15) is 64.0 Å². The smallest absolute Gasteiger partial charge is 0.321 e. The van der Waals surface area contributed by atoms with Gasteiger partial charge in [-0.3, -0.25) is 15.4 Å². The molecule has 6 heteroatoms. The van der Waals surface area contributed by atoms with Gasteiger partial charge in [0.25, 0.3) is 0 Å². The van der Waals surface area contributed by atoms with E-state index in [-0.39, 0.29) is 23.5 Å². The molecule has 0 unspecified atom stereocenters. The van der Waals surface area contributed by atoms with Crippen LogP contribution in [-0.2, 0) is 4.79 Å². The summed E-state index contributed by atoms with van der Waals surface area (Å²) >= 11 is 6.23. The van der Waals surface area contributed by atoms with Crippen molar-refractivity contribution >= 4 is 23.5 Å². The molecule has 28 heavy (non-hydrogen) atoms. The zero-order valence-electron chi connectivity index (χ0n) is 16.6. The molecule has 0 radical (unpaired) electrons. The fourth-order valence-corrected chi connectivity index (χ4v) is 6.42. The van der Waals surface area contributed by atoms with Crippen molar-refractivity contribution in [1.82, 2.24) is 16.0 Å². The Morgan fingerprint density at radius 1 is 1.04 bits per heavy atom. The van der Waals surface area contributed by atoms with Gasteiger partial charge in [-0.15, -0.1) is 0 Å². The third kappa shape index (κ3) is 4.06. The lowest BCUT2D eigenvalue weighted by Crippen LogP contribution is -2.62. The van der Waals surface area contributed by atoms with E-state index < -0.39 is 6.04 Å². The second-order valence-corrected chi connectivity index (χ2v) is 9.68. The van der Waals surface area contributed by atoms with Gasteiger partial charge in [0.15, 0.2) is 0 Å². The van der Waals surface area contributed by atoms with Gasteiger partial charge in [-0.1, -0.05) is 29.8 Å². The van der Waals surface area contributed by atoms with Crippen molar-refractivity contribution in [3.05, 3.63) is 34.9 Å². The Balaban J connectivity index is 1.31. The third-order valence-electron chi connectivity index (χ3n) is 6.92. The van der Waals surface area contributed by atoms with Crippen molar-refractivity contribution in [2.24, 2.45) is 17.8 Å². The topological polar surface area (TPSA) is 70.2 Å². The lowest BCUT2D eigenvalue weighted by atomic mass is 9.53. The van der Waals surface area contributed by atoms with E-state index in [1.54, 1.807) is 6.92 Å². The molecule has 5 rings (SSSR count). The summed E-state index contributed by atoms with van der Waals surface area (Å²) in [4.78, 5) is 25.1. The summed E-state index contributed by atoms with van der Waals surface area (Å²) in [5, 5.41) is 9.61. The number of halogens is 1. The molecule has 1 aromatic carbocycles. The molecule has 0 saturated heterocycles. The summed E-state index contributed by atoms with van der Waals surface area (Å²) in [6, 6.07) is 6.61. The van der Waals surface area contributed by atoms with Gasteiger partial charge in [0.2, 0.25) is 5.91 Å². The molecule has 3 amide bonds. The molecule has 1 aromatic rings. The number of hydrogen-bond donors (Lipinski definition) is 3.